The molecule has 0 saturated carbocycles. The summed E-state index contributed by atoms with van der Waals surface area (Å²) in [6.45, 7) is 2.66. The van der Waals surface area contributed by atoms with Gasteiger partial charge in [0.15, 0.2) is 0 Å². The molecule has 2 N–H and O–H groups in total. The number of carbonyl (C=O) groups is 1. The number of carbonyl (C=O) groups excluding carboxylic acids is 1. The van der Waals surface area contributed by atoms with E-state index >= 15 is 0 Å². The molecular weight excluding hydrogens is 354 g/mol. The van der Waals surface area contributed by atoms with Gasteiger partial charge in [-0.3, -0.25) is 14.9 Å². The molecular formula is C22H23N3O3. The van der Waals surface area contributed by atoms with Gasteiger partial charge in [-0.1, -0.05) is 43.3 Å². The number of fused-ring (bicyclic) bond motifs is 3. The minimum atomic E-state index is -0.385. The zero-order chi connectivity index (χ0) is 19.7. The summed E-state index contributed by atoms with van der Waals surface area (Å²) >= 11 is 0. The third-order valence-electron chi connectivity index (χ3n) is 5.64. The van der Waals surface area contributed by atoms with E-state index in [4.69, 9.17) is 0 Å². The first-order valence-electron chi connectivity index (χ1n) is 9.68. The number of amides is 1. The number of anilines is 1. The van der Waals surface area contributed by atoms with Gasteiger partial charge in [-0.25, -0.2) is 0 Å². The summed E-state index contributed by atoms with van der Waals surface area (Å²) in [6.07, 6.45) is 6.23. The second kappa shape index (κ2) is 7.46. The normalized spacial score (nSPS) is 22.1. The lowest BCUT2D eigenvalue weighted by Gasteiger charge is -2.38. The first-order chi connectivity index (χ1) is 13.6. The molecule has 3 atom stereocenters. The zero-order valence-electron chi connectivity index (χ0n) is 15.7. The molecule has 0 aromatic heterocycles. The summed E-state index contributed by atoms with van der Waals surface area (Å²) in [5.74, 6) is 0.479. The van der Waals surface area contributed by atoms with Gasteiger partial charge in [-0.2, -0.15) is 0 Å². The van der Waals surface area contributed by atoms with Crippen molar-refractivity contribution in [2.24, 2.45) is 5.92 Å². The summed E-state index contributed by atoms with van der Waals surface area (Å²) in [7, 11) is 0. The van der Waals surface area contributed by atoms with E-state index < -0.39 is 0 Å². The van der Waals surface area contributed by atoms with E-state index in [1.807, 2.05) is 31.2 Å². The van der Waals surface area contributed by atoms with Crippen LogP contribution in [0.25, 0.3) is 0 Å². The van der Waals surface area contributed by atoms with Crippen LogP contribution in [0.4, 0.5) is 11.4 Å². The fraction of sp³-hybridized carbons (Fsp3) is 0.318. The maximum Gasteiger partial charge on any atom is 0.269 e. The van der Waals surface area contributed by atoms with Crippen LogP contribution in [-0.4, -0.2) is 17.4 Å². The number of rotatable bonds is 5. The van der Waals surface area contributed by atoms with Gasteiger partial charge in [0.2, 0.25) is 0 Å². The standard InChI is InChI=1S/C22H23N3O3/c1-2-13-23-22(26)19-8-4-7-18-16-5-3-6-17(16)20(24-21(18)19)14-9-11-15(12-10-14)25(27)28/h3-5,7-12,16-17,20,24H,2,6,13H2,1H3,(H,23,26). The molecule has 2 aromatic rings. The van der Waals surface area contributed by atoms with Crippen molar-refractivity contribution in [1.29, 1.82) is 0 Å². The van der Waals surface area contributed by atoms with Crippen LogP contribution in [0.1, 0.15) is 53.2 Å². The molecule has 144 valence electrons. The molecule has 0 radical (unpaired) electrons. The highest BCUT2D eigenvalue weighted by molar-refractivity contribution is 6.00. The quantitative estimate of drug-likeness (QED) is 0.454. The van der Waals surface area contributed by atoms with Gasteiger partial charge < -0.3 is 10.6 Å². The van der Waals surface area contributed by atoms with E-state index in [1.165, 1.54) is 0 Å². The Morgan fingerprint density at radius 3 is 2.75 bits per heavy atom. The second-order valence-corrected chi connectivity index (χ2v) is 7.35. The first kappa shape index (κ1) is 18.2. The minimum Gasteiger partial charge on any atom is -0.377 e. The molecule has 3 unspecified atom stereocenters. The molecule has 2 aromatic carbocycles. The van der Waals surface area contributed by atoms with Crippen molar-refractivity contribution in [2.45, 2.75) is 31.7 Å². The van der Waals surface area contributed by atoms with Crippen LogP contribution in [0.5, 0.6) is 0 Å². The van der Waals surface area contributed by atoms with Gasteiger partial charge in [0.05, 0.1) is 22.2 Å². The Hall–Kier alpha value is -3.15. The number of nitrogens with zero attached hydrogens (tertiary/aromatic N) is 1. The van der Waals surface area contributed by atoms with Gasteiger partial charge in [0.25, 0.3) is 11.6 Å². The van der Waals surface area contributed by atoms with Crippen LogP contribution >= 0.6 is 0 Å². The van der Waals surface area contributed by atoms with E-state index in [0.717, 1.165) is 29.7 Å². The molecule has 1 heterocycles. The van der Waals surface area contributed by atoms with Crippen LogP contribution in [-0.2, 0) is 0 Å². The number of nitro groups is 1. The lowest BCUT2D eigenvalue weighted by atomic mass is 9.76. The van der Waals surface area contributed by atoms with Crippen LogP contribution in [0.3, 0.4) is 0 Å². The van der Waals surface area contributed by atoms with Crippen molar-refractivity contribution < 1.29 is 9.72 Å². The minimum absolute atomic E-state index is 0.00608. The number of nitro benzene ring substituents is 1. The van der Waals surface area contributed by atoms with Crippen molar-refractivity contribution in [1.82, 2.24) is 5.32 Å². The average Bonchev–Trinajstić information content (AvgIpc) is 3.21. The molecule has 4 rings (SSSR count). The summed E-state index contributed by atoms with van der Waals surface area (Å²) in [4.78, 5) is 23.3. The number of hydrogen-bond acceptors (Lipinski definition) is 4. The lowest BCUT2D eigenvalue weighted by Crippen LogP contribution is -2.32. The summed E-state index contributed by atoms with van der Waals surface area (Å²) in [5, 5.41) is 17.5. The predicted octanol–water partition coefficient (Wildman–Crippen LogP) is 4.56. The van der Waals surface area contributed by atoms with Crippen molar-refractivity contribution in [3.05, 3.63) is 81.4 Å². The third-order valence-corrected chi connectivity index (χ3v) is 5.64. The topological polar surface area (TPSA) is 84.3 Å². The highest BCUT2D eigenvalue weighted by Gasteiger charge is 2.39. The van der Waals surface area contributed by atoms with Gasteiger partial charge in [-0.15, -0.1) is 0 Å². The number of benzene rings is 2. The fourth-order valence-electron chi connectivity index (χ4n) is 4.28. The summed E-state index contributed by atoms with van der Waals surface area (Å²) in [5.41, 5.74) is 3.74. The maximum absolute atomic E-state index is 12.7. The van der Waals surface area contributed by atoms with Crippen LogP contribution in [0, 0.1) is 16.0 Å². The first-order valence-corrected chi connectivity index (χ1v) is 9.68. The highest BCUT2D eigenvalue weighted by atomic mass is 16.6. The van der Waals surface area contributed by atoms with E-state index in [2.05, 4.69) is 28.9 Å². The Labute approximate surface area is 163 Å². The average molecular weight is 377 g/mol. The Morgan fingerprint density at radius 1 is 1.25 bits per heavy atom. The number of nitrogens with one attached hydrogen (secondary N) is 2. The summed E-state index contributed by atoms with van der Waals surface area (Å²) in [6, 6.07) is 12.6. The molecule has 0 fully saturated rings. The van der Waals surface area contributed by atoms with Gasteiger partial charge >= 0.3 is 0 Å². The third kappa shape index (κ3) is 3.15. The van der Waals surface area contributed by atoms with Gasteiger partial charge in [0.1, 0.15) is 0 Å². The number of allylic oxidation sites excluding steroid dienone is 2. The lowest BCUT2D eigenvalue weighted by molar-refractivity contribution is -0.384. The van der Waals surface area contributed by atoms with Crippen molar-refractivity contribution in [2.75, 3.05) is 11.9 Å². The molecule has 2 aliphatic rings. The molecule has 6 heteroatoms. The van der Waals surface area contributed by atoms with Gasteiger partial charge in [-0.05, 0) is 36.0 Å². The van der Waals surface area contributed by atoms with Crippen LogP contribution in [0.15, 0.2) is 54.6 Å². The largest absolute Gasteiger partial charge is 0.377 e. The fourth-order valence-corrected chi connectivity index (χ4v) is 4.28. The van der Waals surface area contributed by atoms with Crippen LogP contribution < -0.4 is 10.6 Å². The summed E-state index contributed by atoms with van der Waals surface area (Å²) < 4.78 is 0. The van der Waals surface area contributed by atoms with E-state index in [9.17, 15) is 14.9 Å². The van der Waals surface area contributed by atoms with E-state index in [-0.39, 0.29) is 28.5 Å². The molecule has 1 aliphatic heterocycles. The molecule has 0 spiro atoms. The predicted molar refractivity (Wildman–Crippen MR) is 109 cm³/mol. The molecule has 0 saturated heterocycles. The molecule has 1 amide bonds. The van der Waals surface area contributed by atoms with Crippen molar-refractivity contribution in [3.8, 4) is 0 Å². The maximum atomic E-state index is 12.7. The monoisotopic (exact) mass is 377 g/mol. The van der Waals surface area contributed by atoms with E-state index in [0.29, 0.717) is 18.0 Å². The Balaban J connectivity index is 1.72. The Bertz CT molecular complexity index is 937. The van der Waals surface area contributed by atoms with Gasteiger partial charge in [0, 0.05) is 24.6 Å². The molecule has 28 heavy (non-hydrogen) atoms. The molecule has 6 nitrogen and oxygen atoms in total. The van der Waals surface area contributed by atoms with Crippen molar-refractivity contribution in [3.63, 3.8) is 0 Å². The SMILES string of the molecule is CCCNC(=O)c1cccc2c1NC(c1ccc([N+](=O)[O-])cc1)C1CC=CC21. The van der Waals surface area contributed by atoms with Crippen LogP contribution in [0.2, 0.25) is 0 Å². The molecule has 0 bridgehead atoms. The zero-order valence-corrected chi connectivity index (χ0v) is 15.7. The Kier molecular flexibility index (Phi) is 4.86. The molecule has 1 aliphatic carbocycles. The Morgan fingerprint density at radius 2 is 2.04 bits per heavy atom. The number of hydrogen-bond donors (Lipinski definition) is 2. The number of para-hydroxylation sites is 1. The number of non-ortho nitro benzene ring substituents is 1. The second-order valence-electron chi connectivity index (χ2n) is 7.35. The highest BCUT2D eigenvalue weighted by Crippen LogP contribution is 2.50. The smallest absolute Gasteiger partial charge is 0.269 e. The van der Waals surface area contributed by atoms with E-state index in [1.54, 1.807) is 12.1 Å². The van der Waals surface area contributed by atoms with Crippen molar-refractivity contribution >= 4 is 17.3 Å².